The Kier molecular flexibility index (Phi) is 6.07. The van der Waals surface area contributed by atoms with Crippen LogP contribution in [0, 0.1) is 0 Å². The molecule has 1 unspecified atom stereocenters. The highest BCUT2D eigenvalue weighted by molar-refractivity contribution is 5.53. The summed E-state index contributed by atoms with van der Waals surface area (Å²) in [7, 11) is 0. The molecule has 1 fully saturated rings. The Morgan fingerprint density at radius 3 is 2.90 bits per heavy atom. The number of nitrogen functional groups attached to an aromatic ring is 1. The van der Waals surface area contributed by atoms with E-state index in [0.29, 0.717) is 24.2 Å². The normalized spacial score (nSPS) is 17.4. The van der Waals surface area contributed by atoms with Gasteiger partial charge in [-0.2, -0.15) is 4.98 Å². The van der Waals surface area contributed by atoms with Gasteiger partial charge >= 0.3 is 0 Å². The first-order chi connectivity index (χ1) is 10.2. The predicted molar refractivity (Wildman–Crippen MR) is 84.8 cm³/mol. The van der Waals surface area contributed by atoms with Gasteiger partial charge in [0.1, 0.15) is 5.82 Å². The van der Waals surface area contributed by atoms with Crippen LogP contribution >= 0.6 is 0 Å². The largest absolute Gasteiger partial charge is 0.476 e. The first-order valence-electron chi connectivity index (χ1n) is 7.65. The zero-order valence-electron chi connectivity index (χ0n) is 13.0. The third-order valence-corrected chi connectivity index (χ3v) is 3.36. The minimum Gasteiger partial charge on any atom is -0.476 e. The topological polar surface area (TPSA) is 72.6 Å². The molecule has 1 aliphatic heterocycles. The van der Waals surface area contributed by atoms with E-state index in [1.165, 1.54) is 0 Å². The highest BCUT2D eigenvalue weighted by atomic mass is 16.5. The number of ether oxygens (including phenoxy) is 2. The molecule has 1 saturated heterocycles. The van der Waals surface area contributed by atoms with Crippen molar-refractivity contribution in [3.05, 3.63) is 12.1 Å². The summed E-state index contributed by atoms with van der Waals surface area (Å²) in [5.41, 5.74) is 6.45. The highest BCUT2D eigenvalue weighted by Gasteiger charge is 2.14. The molecule has 0 bridgehead atoms. The summed E-state index contributed by atoms with van der Waals surface area (Å²) in [4.78, 5) is 6.84. The van der Waals surface area contributed by atoms with Crippen molar-refractivity contribution in [2.75, 3.05) is 50.5 Å². The molecule has 1 aromatic rings. The lowest BCUT2D eigenvalue weighted by atomic mass is 10.2. The fourth-order valence-corrected chi connectivity index (χ4v) is 2.32. The number of morpholine rings is 1. The van der Waals surface area contributed by atoms with E-state index in [4.69, 9.17) is 15.2 Å². The lowest BCUT2D eigenvalue weighted by Gasteiger charge is -2.29. The molecule has 0 saturated carbocycles. The van der Waals surface area contributed by atoms with Crippen LogP contribution in [-0.2, 0) is 4.74 Å². The summed E-state index contributed by atoms with van der Waals surface area (Å²) in [5.74, 6) is 1.32. The van der Waals surface area contributed by atoms with Crippen molar-refractivity contribution >= 4 is 11.5 Å². The van der Waals surface area contributed by atoms with E-state index in [2.05, 4.69) is 29.0 Å². The molecule has 0 spiro atoms. The van der Waals surface area contributed by atoms with Gasteiger partial charge in [0.25, 0.3) is 0 Å². The molecule has 2 rings (SSSR count). The van der Waals surface area contributed by atoms with Gasteiger partial charge in [-0.05, 0) is 25.5 Å². The molecule has 21 heavy (non-hydrogen) atoms. The summed E-state index contributed by atoms with van der Waals surface area (Å²) in [5, 5.41) is 3.40. The third-order valence-electron chi connectivity index (χ3n) is 3.36. The number of nitrogens with two attached hydrogens (primary N) is 1. The zero-order valence-corrected chi connectivity index (χ0v) is 13.0. The van der Waals surface area contributed by atoms with Gasteiger partial charge in [-0.3, -0.25) is 4.90 Å². The van der Waals surface area contributed by atoms with Crippen LogP contribution in [0.2, 0.25) is 0 Å². The van der Waals surface area contributed by atoms with Crippen LogP contribution in [0.5, 0.6) is 5.88 Å². The van der Waals surface area contributed by atoms with Crippen molar-refractivity contribution < 1.29 is 9.47 Å². The Labute approximate surface area is 126 Å². The quantitative estimate of drug-likeness (QED) is 0.795. The SMILES string of the molecule is CCCOc1nc(NC(C)CN2CCOCC2)ccc1N. The molecule has 3 N–H and O–H groups in total. The van der Waals surface area contributed by atoms with Crippen molar-refractivity contribution in [1.82, 2.24) is 9.88 Å². The Bertz CT molecular complexity index is 436. The standard InChI is InChI=1S/C15H26N4O2/c1-3-8-21-15-13(16)4-5-14(18-15)17-12(2)11-19-6-9-20-10-7-19/h4-5,12H,3,6-11,16H2,1-2H3,(H,17,18). The van der Waals surface area contributed by atoms with Crippen LogP contribution in [0.4, 0.5) is 11.5 Å². The van der Waals surface area contributed by atoms with Gasteiger partial charge in [0.05, 0.1) is 25.5 Å². The van der Waals surface area contributed by atoms with Crippen LogP contribution < -0.4 is 15.8 Å². The number of anilines is 2. The Hall–Kier alpha value is -1.53. The van der Waals surface area contributed by atoms with E-state index in [1.807, 2.05) is 12.1 Å². The molecule has 2 heterocycles. The fraction of sp³-hybridized carbons (Fsp3) is 0.667. The smallest absolute Gasteiger partial charge is 0.239 e. The van der Waals surface area contributed by atoms with Crippen molar-refractivity contribution in [1.29, 1.82) is 0 Å². The summed E-state index contributed by atoms with van der Waals surface area (Å²) >= 11 is 0. The van der Waals surface area contributed by atoms with E-state index < -0.39 is 0 Å². The monoisotopic (exact) mass is 294 g/mol. The molecular formula is C15H26N4O2. The second kappa shape index (κ2) is 8.05. The molecule has 1 aromatic heterocycles. The third kappa shape index (κ3) is 5.06. The maximum atomic E-state index is 5.87. The number of nitrogens with one attached hydrogen (secondary N) is 1. The maximum Gasteiger partial charge on any atom is 0.239 e. The average molecular weight is 294 g/mol. The molecule has 0 radical (unpaired) electrons. The Morgan fingerprint density at radius 1 is 1.43 bits per heavy atom. The Morgan fingerprint density at radius 2 is 2.19 bits per heavy atom. The first kappa shape index (κ1) is 15.9. The number of aromatic nitrogens is 1. The van der Waals surface area contributed by atoms with E-state index in [0.717, 1.165) is 45.1 Å². The van der Waals surface area contributed by atoms with Gasteiger partial charge in [-0.1, -0.05) is 6.92 Å². The number of hydrogen-bond donors (Lipinski definition) is 2. The van der Waals surface area contributed by atoms with Gasteiger partial charge < -0.3 is 20.5 Å². The molecule has 1 aliphatic rings. The van der Waals surface area contributed by atoms with Crippen molar-refractivity contribution in [2.45, 2.75) is 26.3 Å². The molecule has 6 heteroatoms. The summed E-state index contributed by atoms with van der Waals surface area (Å²) < 4.78 is 10.9. The van der Waals surface area contributed by atoms with Crippen LogP contribution in [0.15, 0.2) is 12.1 Å². The number of rotatable bonds is 7. The van der Waals surface area contributed by atoms with E-state index in [-0.39, 0.29) is 0 Å². The molecule has 1 atom stereocenters. The molecule has 0 aliphatic carbocycles. The van der Waals surface area contributed by atoms with Crippen LogP contribution in [-0.4, -0.2) is 55.4 Å². The van der Waals surface area contributed by atoms with E-state index in [1.54, 1.807) is 0 Å². The van der Waals surface area contributed by atoms with Crippen LogP contribution in [0.3, 0.4) is 0 Å². The second-order valence-electron chi connectivity index (χ2n) is 5.40. The molecule has 0 aromatic carbocycles. The minimum absolute atomic E-state index is 0.304. The van der Waals surface area contributed by atoms with E-state index >= 15 is 0 Å². The lowest BCUT2D eigenvalue weighted by molar-refractivity contribution is 0.0368. The zero-order chi connectivity index (χ0) is 15.1. The number of hydrogen-bond acceptors (Lipinski definition) is 6. The average Bonchev–Trinajstić information content (AvgIpc) is 2.48. The fourth-order valence-electron chi connectivity index (χ4n) is 2.32. The van der Waals surface area contributed by atoms with Crippen molar-refractivity contribution in [2.24, 2.45) is 0 Å². The Balaban J connectivity index is 1.88. The van der Waals surface area contributed by atoms with Gasteiger partial charge in [0, 0.05) is 25.7 Å². The number of pyridine rings is 1. The van der Waals surface area contributed by atoms with Crippen molar-refractivity contribution in [3.63, 3.8) is 0 Å². The summed E-state index contributed by atoms with van der Waals surface area (Å²) in [6.07, 6.45) is 0.937. The molecule has 118 valence electrons. The summed E-state index contributed by atoms with van der Waals surface area (Å²) in [6.45, 7) is 9.44. The van der Waals surface area contributed by atoms with Gasteiger partial charge in [-0.25, -0.2) is 0 Å². The van der Waals surface area contributed by atoms with Crippen LogP contribution in [0.1, 0.15) is 20.3 Å². The number of nitrogens with zero attached hydrogens (tertiary/aromatic N) is 2. The predicted octanol–water partition coefficient (Wildman–Crippen LogP) is 1.59. The molecule has 0 amide bonds. The second-order valence-corrected chi connectivity index (χ2v) is 5.40. The molecule has 6 nitrogen and oxygen atoms in total. The highest BCUT2D eigenvalue weighted by Crippen LogP contribution is 2.21. The van der Waals surface area contributed by atoms with Gasteiger partial charge in [-0.15, -0.1) is 0 Å². The van der Waals surface area contributed by atoms with Crippen LogP contribution in [0.25, 0.3) is 0 Å². The lowest BCUT2D eigenvalue weighted by Crippen LogP contribution is -2.42. The summed E-state index contributed by atoms with van der Waals surface area (Å²) in [6, 6.07) is 4.03. The first-order valence-corrected chi connectivity index (χ1v) is 7.65. The van der Waals surface area contributed by atoms with Gasteiger partial charge in [0.2, 0.25) is 5.88 Å². The van der Waals surface area contributed by atoms with E-state index in [9.17, 15) is 0 Å². The van der Waals surface area contributed by atoms with Gasteiger partial charge in [0.15, 0.2) is 0 Å². The minimum atomic E-state index is 0.304. The molecular weight excluding hydrogens is 268 g/mol. The van der Waals surface area contributed by atoms with Crippen molar-refractivity contribution in [3.8, 4) is 5.88 Å². The maximum absolute atomic E-state index is 5.87.